The van der Waals surface area contributed by atoms with E-state index in [1.807, 2.05) is 6.20 Å². The standard InChI is InChI=1S/C19H23F3N4O/c1-2-17-23-7-8-25(17)12-9-24-10-13-26(14-11-24)18(27)15-3-5-16(6-4-15)19(20,21)22/h3-8H,2,9-14H2,1H3. The maximum absolute atomic E-state index is 12.6. The third kappa shape index (κ3) is 4.68. The molecule has 1 saturated heterocycles. The van der Waals surface area contributed by atoms with Crippen LogP contribution in [0.1, 0.15) is 28.7 Å². The van der Waals surface area contributed by atoms with Crippen LogP contribution in [0.3, 0.4) is 0 Å². The number of aromatic nitrogens is 2. The summed E-state index contributed by atoms with van der Waals surface area (Å²) in [6.07, 6.45) is 0.283. The largest absolute Gasteiger partial charge is 0.416 e. The van der Waals surface area contributed by atoms with Crippen molar-refractivity contribution in [1.29, 1.82) is 0 Å². The van der Waals surface area contributed by atoms with Crippen molar-refractivity contribution < 1.29 is 18.0 Å². The third-order valence-electron chi connectivity index (χ3n) is 4.89. The summed E-state index contributed by atoms with van der Waals surface area (Å²) in [7, 11) is 0. The van der Waals surface area contributed by atoms with Crippen LogP contribution in [0, 0.1) is 0 Å². The summed E-state index contributed by atoms with van der Waals surface area (Å²) in [4.78, 5) is 20.8. The molecule has 2 heterocycles. The molecule has 1 aliphatic rings. The van der Waals surface area contributed by atoms with Crippen LogP contribution in [0.4, 0.5) is 13.2 Å². The van der Waals surface area contributed by atoms with Crippen molar-refractivity contribution in [3.63, 3.8) is 0 Å². The van der Waals surface area contributed by atoms with Crippen molar-refractivity contribution in [3.8, 4) is 0 Å². The van der Waals surface area contributed by atoms with Crippen LogP contribution in [-0.2, 0) is 19.1 Å². The lowest BCUT2D eigenvalue weighted by Gasteiger charge is -2.35. The molecule has 1 fully saturated rings. The first-order chi connectivity index (χ1) is 12.9. The first kappa shape index (κ1) is 19.4. The maximum atomic E-state index is 12.6. The number of rotatable bonds is 5. The van der Waals surface area contributed by atoms with Gasteiger partial charge in [0.25, 0.3) is 5.91 Å². The van der Waals surface area contributed by atoms with Gasteiger partial charge in [-0.25, -0.2) is 4.98 Å². The van der Waals surface area contributed by atoms with E-state index in [1.54, 1.807) is 11.1 Å². The van der Waals surface area contributed by atoms with Gasteiger partial charge in [-0.15, -0.1) is 0 Å². The molecule has 146 valence electrons. The molecular weight excluding hydrogens is 357 g/mol. The lowest BCUT2D eigenvalue weighted by molar-refractivity contribution is -0.137. The first-order valence-corrected chi connectivity index (χ1v) is 9.07. The summed E-state index contributed by atoms with van der Waals surface area (Å²) in [6, 6.07) is 4.42. The van der Waals surface area contributed by atoms with Crippen LogP contribution in [0.15, 0.2) is 36.7 Å². The minimum absolute atomic E-state index is 0.216. The predicted octanol–water partition coefficient (Wildman–Crippen LogP) is 2.92. The molecule has 1 aromatic heterocycles. The molecule has 1 aromatic carbocycles. The number of benzene rings is 1. The highest BCUT2D eigenvalue weighted by Crippen LogP contribution is 2.29. The van der Waals surface area contributed by atoms with Gasteiger partial charge in [0, 0.05) is 63.6 Å². The summed E-state index contributed by atoms with van der Waals surface area (Å²) in [5.74, 6) is 0.845. The number of alkyl halides is 3. The summed E-state index contributed by atoms with van der Waals surface area (Å²) < 4.78 is 40.0. The molecule has 2 aromatic rings. The molecule has 0 saturated carbocycles. The van der Waals surface area contributed by atoms with Crippen LogP contribution in [0.25, 0.3) is 0 Å². The summed E-state index contributed by atoms with van der Waals surface area (Å²) in [5.41, 5.74) is -0.447. The molecule has 1 amide bonds. The van der Waals surface area contributed by atoms with Gasteiger partial charge in [-0.2, -0.15) is 13.2 Å². The molecule has 0 bridgehead atoms. The van der Waals surface area contributed by atoms with Gasteiger partial charge in [0.15, 0.2) is 0 Å². The van der Waals surface area contributed by atoms with Gasteiger partial charge < -0.3 is 9.47 Å². The highest BCUT2D eigenvalue weighted by atomic mass is 19.4. The van der Waals surface area contributed by atoms with E-state index in [4.69, 9.17) is 0 Å². The number of halogens is 3. The Morgan fingerprint density at radius 3 is 2.33 bits per heavy atom. The monoisotopic (exact) mass is 380 g/mol. The molecule has 1 aliphatic heterocycles. The van der Waals surface area contributed by atoms with E-state index >= 15 is 0 Å². The molecule has 0 radical (unpaired) electrons. The quantitative estimate of drug-likeness (QED) is 0.801. The summed E-state index contributed by atoms with van der Waals surface area (Å²) in [5, 5.41) is 0. The minimum Gasteiger partial charge on any atom is -0.336 e. The van der Waals surface area contributed by atoms with Gasteiger partial charge in [-0.3, -0.25) is 9.69 Å². The molecule has 3 rings (SSSR count). The Bertz CT molecular complexity index is 762. The molecular formula is C19H23F3N4O. The van der Waals surface area contributed by atoms with E-state index in [1.165, 1.54) is 12.1 Å². The van der Waals surface area contributed by atoms with Gasteiger partial charge in [0.2, 0.25) is 0 Å². The smallest absolute Gasteiger partial charge is 0.336 e. The number of carbonyl (C=O) groups is 1. The van der Waals surface area contributed by atoms with Gasteiger partial charge in [-0.1, -0.05) is 6.92 Å². The summed E-state index contributed by atoms with van der Waals surface area (Å²) >= 11 is 0. The van der Waals surface area contributed by atoms with Crippen LogP contribution in [0.2, 0.25) is 0 Å². The molecule has 0 unspecified atom stereocenters. The van der Waals surface area contributed by atoms with E-state index < -0.39 is 11.7 Å². The molecule has 0 aliphatic carbocycles. The number of aryl methyl sites for hydroxylation is 1. The number of carbonyl (C=O) groups excluding carboxylic acids is 1. The van der Waals surface area contributed by atoms with E-state index in [-0.39, 0.29) is 5.91 Å². The average Bonchev–Trinajstić information content (AvgIpc) is 3.13. The number of hydrogen-bond donors (Lipinski definition) is 0. The topological polar surface area (TPSA) is 41.4 Å². The fourth-order valence-corrected chi connectivity index (χ4v) is 3.27. The fraction of sp³-hybridized carbons (Fsp3) is 0.474. The van der Waals surface area contributed by atoms with Gasteiger partial charge in [0.05, 0.1) is 5.56 Å². The van der Waals surface area contributed by atoms with E-state index in [9.17, 15) is 18.0 Å². The van der Waals surface area contributed by atoms with E-state index in [2.05, 4.69) is 21.4 Å². The second kappa shape index (κ2) is 8.12. The molecule has 0 spiro atoms. The van der Waals surface area contributed by atoms with Gasteiger partial charge in [0.1, 0.15) is 5.82 Å². The fourth-order valence-electron chi connectivity index (χ4n) is 3.27. The minimum atomic E-state index is -4.39. The van der Waals surface area contributed by atoms with Crippen molar-refractivity contribution in [2.24, 2.45) is 0 Å². The zero-order valence-electron chi connectivity index (χ0n) is 15.2. The average molecular weight is 380 g/mol. The molecule has 8 heteroatoms. The van der Waals surface area contributed by atoms with Gasteiger partial charge in [-0.05, 0) is 24.3 Å². The highest BCUT2D eigenvalue weighted by Gasteiger charge is 2.30. The van der Waals surface area contributed by atoms with Crippen LogP contribution < -0.4 is 0 Å². The van der Waals surface area contributed by atoms with E-state index in [0.717, 1.165) is 50.6 Å². The molecule has 0 atom stereocenters. The highest BCUT2D eigenvalue weighted by molar-refractivity contribution is 5.94. The third-order valence-corrected chi connectivity index (χ3v) is 4.89. The molecule has 27 heavy (non-hydrogen) atoms. The zero-order chi connectivity index (χ0) is 19.4. The Balaban J connectivity index is 1.50. The number of nitrogens with zero attached hydrogens (tertiary/aromatic N) is 4. The second-order valence-corrected chi connectivity index (χ2v) is 6.60. The van der Waals surface area contributed by atoms with Crippen molar-refractivity contribution in [1.82, 2.24) is 19.4 Å². The summed E-state index contributed by atoms with van der Waals surface area (Å²) in [6.45, 7) is 6.46. The zero-order valence-corrected chi connectivity index (χ0v) is 15.2. The lowest BCUT2D eigenvalue weighted by Crippen LogP contribution is -2.49. The maximum Gasteiger partial charge on any atom is 0.416 e. The predicted molar refractivity (Wildman–Crippen MR) is 95.4 cm³/mol. The number of imidazole rings is 1. The Labute approximate surface area is 156 Å². The number of hydrogen-bond acceptors (Lipinski definition) is 3. The van der Waals surface area contributed by atoms with Crippen LogP contribution in [-0.4, -0.2) is 58.0 Å². The number of amides is 1. The van der Waals surface area contributed by atoms with Crippen molar-refractivity contribution >= 4 is 5.91 Å². The van der Waals surface area contributed by atoms with Gasteiger partial charge >= 0.3 is 6.18 Å². The first-order valence-electron chi connectivity index (χ1n) is 9.07. The normalized spacial score (nSPS) is 15.9. The van der Waals surface area contributed by atoms with E-state index in [0.29, 0.717) is 18.7 Å². The van der Waals surface area contributed by atoms with Crippen molar-refractivity contribution in [2.45, 2.75) is 26.1 Å². The van der Waals surface area contributed by atoms with Crippen molar-refractivity contribution in [3.05, 3.63) is 53.6 Å². The molecule has 5 nitrogen and oxygen atoms in total. The SMILES string of the molecule is CCc1nccn1CCN1CCN(C(=O)c2ccc(C(F)(F)F)cc2)CC1. The Hall–Kier alpha value is -2.35. The second-order valence-electron chi connectivity index (χ2n) is 6.60. The number of piperazine rings is 1. The van der Waals surface area contributed by atoms with Crippen molar-refractivity contribution in [2.75, 3.05) is 32.7 Å². The Morgan fingerprint density at radius 2 is 1.74 bits per heavy atom. The molecule has 0 N–H and O–H groups in total. The van der Waals surface area contributed by atoms with Crippen LogP contribution in [0.5, 0.6) is 0 Å². The Kier molecular flexibility index (Phi) is 5.84. The lowest BCUT2D eigenvalue weighted by atomic mass is 10.1. The van der Waals surface area contributed by atoms with Crippen LogP contribution >= 0.6 is 0 Å². The Morgan fingerprint density at radius 1 is 1.07 bits per heavy atom.